The van der Waals surface area contributed by atoms with E-state index in [1.54, 1.807) is 14.2 Å². The summed E-state index contributed by atoms with van der Waals surface area (Å²) in [6, 6.07) is 20.5. The third-order valence-corrected chi connectivity index (χ3v) is 5.81. The lowest BCUT2D eigenvalue weighted by molar-refractivity contribution is -1.28. The van der Waals surface area contributed by atoms with Gasteiger partial charge in [0.15, 0.2) is 12.1 Å². The fourth-order valence-corrected chi connectivity index (χ4v) is 4.74. The van der Waals surface area contributed by atoms with E-state index in [0.717, 1.165) is 18.6 Å². The number of benzene rings is 2. The van der Waals surface area contributed by atoms with Gasteiger partial charge in [0.1, 0.15) is 19.0 Å². The van der Waals surface area contributed by atoms with Crippen LogP contribution in [0.5, 0.6) is 5.75 Å². The summed E-state index contributed by atoms with van der Waals surface area (Å²) in [5, 5.41) is 0. The topological polar surface area (TPSA) is 36.9 Å². The van der Waals surface area contributed by atoms with Crippen molar-refractivity contribution >= 4 is 0 Å². The van der Waals surface area contributed by atoms with Gasteiger partial charge in [-0.3, -0.25) is 0 Å². The molecular formula is C27H42NO4+. The van der Waals surface area contributed by atoms with E-state index in [9.17, 15) is 0 Å². The standard InChI is InChI=1S/C27H42NO4/c1-23(2)21-27(22-24(3)4,25-13-9-7-10-14-25)28(29-5,30-6)17-18-31-19-20-32-26-15-11-8-12-16-26/h7-16,23-24H,17-22H2,1-6H3/q+1. The highest BCUT2D eigenvalue weighted by Gasteiger charge is 2.56. The Bertz CT molecular complexity index is 735. The highest BCUT2D eigenvalue weighted by molar-refractivity contribution is 5.23. The van der Waals surface area contributed by atoms with E-state index < -0.39 is 0 Å². The molecule has 0 aromatic heterocycles. The minimum absolute atomic E-state index is 0.0624. The third-order valence-electron chi connectivity index (χ3n) is 5.81. The van der Waals surface area contributed by atoms with E-state index in [1.807, 2.05) is 30.3 Å². The molecular weight excluding hydrogens is 402 g/mol. The molecule has 5 heteroatoms. The molecule has 0 amide bonds. The van der Waals surface area contributed by atoms with Gasteiger partial charge < -0.3 is 9.47 Å². The van der Waals surface area contributed by atoms with Crippen molar-refractivity contribution in [2.24, 2.45) is 11.8 Å². The van der Waals surface area contributed by atoms with Gasteiger partial charge in [0.25, 0.3) is 0 Å². The van der Waals surface area contributed by atoms with E-state index in [4.69, 9.17) is 19.1 Å². The largest absolute Gasteiger partial charge is 0.491 e. The second kappa shape index (κ2) is 12.9. The highest BCUT2D eigenvalue weighted by atomic mass is 17.0. The molecule has 0 heterocycles. The first-order valence-electron chi connectivity index (χ1n) is 11.7. The molecule has 2 aromatic carbocycles. The van der Waals surface area contributed by atoms with E-state index in [2.05, 4.69) is 58.0 Å². The lowest BCUT2D eigenvalue weighted by atomic mass is 9.76. The maximum absolute atomic E-state index is 6.19. The Morgan fingerprint density at radius 3 is 1.75 bits per heavy atom. The van der Waals surface area contributed by atoms with Crippen LogP contribution < -0.4 is 4.74 Å². The second-order valence-corrected chi connectivity index (χ2v) is 9.13. The third kappa shape index (κ3) is 6.79. The van der Waals surface area contributed by atoms with Crippen LogP contribution in [0.4, 0.5) is 0 Å². The van der Waals surface area contributed by atoms with Gasteiger partial charge in [-0.2, -0.15) is 9.68 Å². The monoisotopic (exact) mass is 444 g/mol. The molecule has 0 radical (unpaired) electrons. The summed E-state index contributed by atoms with van der Waals surface area (Å²) in [4.78, 5) is 12.4. The zero-order valence-corrected chi connectivity index (χ0v) is 20.8. The van der Waals surface area contributed by atoms with E-state index in [1.165, 1.54) is 5.56 Å². The van der Waals surface area contributed by atoms with Crippen LogP contribution in [0.1, 0.15) is 46.1 Å². The molecule has 5 nitrogen and oxygen atoms in total. The van der Waals surface area contributed by atoms with Gasteiger partial charge in [-0.05, 0) is 28.8 Å². The second-order valence-electron chi connectivity index (χ2n) is 9.13. The lowest BCUT2D eigenvalue weighted by Gasteiger charge is -2.48. The molecule has 0 atom stereocenters. The molecule has 32 heavy (non-hydrogen) atoms. The number of para-hydroxylation sites is 1. The molecule has 2 rings (SSSR count). The number of rotatable bonds is 15. The Hall–Kier alpha value is -1.92. The van der Waals surface area contributed by atoms with Gasteiger partial charge in [-0.25, -0.2) is 0 Å². The Balaban J connectivity index is 2.18. The summed E-state index contributed by atoms with van der Waals surface area (Å²) in [5.41, 5.74) is 0.885. The van der Waals surface area contributed by atoms with Crippen LogP contribution in [0.15, 0.2) is 60.7 Å². The van der Waals surface area contributed by atoms with Gasteiger partial charge in [0, 0.05) is 18.4 Å². The van der Waals surface area contributed by atoms with Crippen molar-refractivity contribution in [3.63, 3.8) is 0 Å². The Morgan fingerprint density at radius 1 is 0.719 bits per heavy atom. The average molecular weight is 445 g/mol. The predicted molar refractivity (Wildman–Crippen MR) is 129 cm³/mol. The summed E-state index contributed by atoms with van der Waals surface area (Å²) in [5.74, 6) is 1.79. The van der Waals surface area contributed by atoms with E-state index in [0.29, 0.717) is 38.2 Å². The molecule has 0 N–H and O–H groups in total. The summed E-state index contributed by atoms with van der Waals surface area (Å²) in [6.45, 7) is 11.1. The zero-order valence-electron chi connectivity index (χ0n) is 20.8. The van der Waals surface area contributed by atoms with Crippen LogP contribution in [0.3, 0.4) is 0 Å². The Morgan fingerprint density at radius 2 is 1.25 bits per heavy atom. The molecule has 0 aliphatic rings. The maximum atomic E-state index is 6.19. The average Bonchev–Trinajstić information content (AvgIpc) is 2.79. The molecule has 0 unspecified atom stereocenters. The number of hydroxylamine groups is 4. The van der Waals surface area contributed by atoms with Gasteiger partial charge >= 0.3 is 0 Å². The summed E-state index contributed by atoms with van der Waals surface area (Å²) in [6.07, 6.45) is 1.88. The predicted octanol–water partition coefficient (Wildman–Crippen LogP) is 6.01. The fraction of sp³-hybridized carbons (Fsp3) is 0.556. The molecule has 2 aromatic rings. The molecule has 0 spiro atoms. The van der Waals surface area contributed by atoms with Crippen molar-refractivity contribution in [1.29, 1.82) is 0 Å². The number of ether oxygens (including phenoxy) is 2. The fourth-order valence-electron chi connectivity index (χ4n) is 4.74. The van der Waals surface area contributed by atoms with Crippen LogP contribution in [-0.4, -0.2) is 45.4 Å². The molecule has 0 bridgehead atoms. The number of nitrogens with zero attached hydrogens (tertiary/aromatic N) is 1. The first-order chi connectivity index (χ1) is 15.4. The van der Waals surface area contributed by atoms with Crippen molar-refractivity contribution in [3.05, 3.63) is 66.2 Å². The summed E-state index contributed by atoms with van der Waals surface area (Å²) in [7, 11) is 3.47. The summed E-state index contributed by atoms with van der Waals surface area (Å²) >= 11 is 0. The van der Waals surface area contributed by atoms with Crippen molar-refractivity contribution in [2.45, 2.75) is 46.1 Å². The SMILES string of the molecule is CO[N+](CCOCCOc1ccccc1)(OC)C(CC(C)C)(CC(C)C)c1ccccc1. The van der Waals surface area contributed by atoms with E-state index in [-0.39, 0.29) is 10.3 Å². The van der Waals surface area contributed by atoms with Crippen LogP contribution in [0.25, 0.3) is 0 Å². The molecule has 178 valence electrons. The molecule has 0 saturated carbocycles. The zero-order chi connectivity index (χ0) is 23.5. The lowest BCUT2D eigenvalue weighted by Crippen LogP contribution is -2.63. The normalized spacial score (nSPS) is 12.5. The Labute approximate surface area is 194 Å². The van der Waals surface area contributed by atoms with Gasteiger partial charge in [0.2, 0.25) is 0 Å². The van der Waals surface area contributed by atoms with E-state index >= 15 is 0 Å². The number of hydrogen-bond donors (Lipinski definition) is 0. The van der Waals surface area contributed by atoms with Gasteiger partial charge in [0.05, 0.1) is 20.8 Å². The van der Waals surface area contributed by atoms with Crippen LogP contribution >= 0.6 is 0 Å². The van der Waals surface area contributed by atoms with Crippen molar-refractivity contribution in [3.8, 4) is 5.75 Å². The smallest absolute Gasteiger partial charge is 0.188 e. The number of hydrogen-bond acceptors (Lipinski definition) is 4. The first-order valence-corrected chi connectivity index (χ1v) is 11.7. The van der Waals surface area contributed by atoms with Gasteiger partial charge in [-0.15, -0.1) is 0 Å². The van der Waals surface area contributed by atoms with Crippen molar-refractivity contribution in [2.75, 3.05) is 40.6 Å². The molecule has 0 saturated heterocycles. The van der Waals surface area contributed by atoms with Gasteiger partial charge in [-0.1, -0.05) is 76.2 Å². The first kappa shape index (κ1) is 26.3. The van der Waals surface area contributed by atoms with Crippen molar-refractivity contribution in [1.82, 2.24) is 0 Å². The minimum Gasteiger partial charge on any atom is -0.491 e. The van der Waals surface area contributed by atoms with Crippen LogP contribution in [-0.2, 0) is 20.0 Å². The highest BCUT2D eigenvalue weighted by Crippen LogP contribution is 2.46. The van der Waals surface area contributed by atoms with Crippen LogP contribution in [0.2, 0.25) is 0 Å². The molecule has 0 aliphatic carbocycles. The summed E-state index contributed by atoms with van der Waals surface area (Å²) < 4.78 is 11.7. The molecule has 0 aliphatic heterocycles. The minimum atomic E-state index is -0.350. The van der Waals surface area contributed by atoms with Crippen LogP contribution in [0, 0.1) is 11.8 Å². The Kier molecular flexibility index (Phi) is 10.7. The van der Waals surface area contributed by atoms with Crippen molar-refractivity contribution < 1.29 is 24.0 Å². The molecule has 0 fully saturated rings. The maximum Gasteiger partial charge on any atom is 0.188 e. The quantitative estimate of drug-likeness (QED) is 0.191. The number of quaternary nitrogens is 1.